The molecule has 0 spiro atoms. The summed E-state index contributed by atoms with van der Waals surface area (Å²) in [5, 5.41) is 13.3. The minimum Gasteiger partial charge on any atom is -0.490 e. The molecule has 3 aromatic carbocycles. The number of aromatic nitrogens is 1. The zero-order valence-corrected chi connectivity index (χ0v) is 26.7. The molecule has 2 heterocycles. The number of allylic oxidation sites excluding steroid dienone is 1. The number of benzene rings is 3. The Labute approximate surface area is 271 Å². The number of nitro benzene ring substituents is 1. The minimum atomic E-state index is -1.18. The summed E-state index contributed by atoms with van der Waals surface area (Å²) in [5.41, 5.74) is 0.960. The van der Waals surface area contributed by atoms with E-state index < -0.39 is 22.5 Å². The molecule has 13 heteroatoms. The number of esters is 1. The zero-order chi connectivity index (χ0) is 32.2. The molecule has 0 aliphatic carbocycles. The van der Waals surface area contributed by atoms with Gasteiger partial charge in [-0.3, -0.25) is 19.5 Å². The SMILES string of the molecule is CCOC(=O)C1=C(C)n2c(s/c(=C\c3ccc(Cl)cc3Cl)c2=O)=N[C@H]1c1cc(OCC)c(OCc2ccccc2)cc1[N+](=O)[O-]. The fourth-order valence-corrected chi connectivity index (χ4v) is 6.35. The highest BCUT2D eigenvalue weighted by molar-refractivity contribution is 7.07. The predicted octanol–water partition coefficient (Wildman–Crippen LogP) is 6.10. The van der Waals surface area contributed by atoms with Crippen LogP contribution in [0.25, 0.3) is 11.8 Å². The third-order valence-corrected chi connectivity index (χ3v) is 8.46. The number of fused-ring (bicyclic) bond motifs is 1. The summed E-state index contributed by atoms with van der Waals surface area (Å²) >= 11 is 13.4. The minimum absolute atomic E-state index is 0.0103. The van der Waals surface area contributed by atoms with E-state index in [-0.39, 0.29) is 63.2 Å². The van der Waals surface area contributed by atoms with E-state index in [1.165, 1.54) is 16.7 Å². The molecular weight excluding hydrogens is 641 g/mol. The quantitative estimate of drug-likeness (QED) is 0.114. The number of thiazole rings is 1. The Balaban J connectivity index is 1.71. The fraction of sp³-hybridized carbons (Fsp3) is 0.219. The van der Waals surface area contributed by atoms with E-state index in [4.69, 9.17) is 42.4 Å². The van der Waals surface area contributed by atoms with Gasteiger partial charge in [-0.1, -0.05) is 70.9 Å². The maximum absolute atomic E-state index is 13.6. The van der Waals surface area contributed by atoms with E-state index in [0.29, 0.717) is 15.6 Å². The Hall–Kier alpha value is -4.45. The highest BCUT2D eigenvalue weighted by atomic mass is 35.5. The second kappa shape index (κ2) is 13.7. The maximum atomic E-state index is 13.6. The van der Waals surface area contributed by atoms with Crippen molar-refractivity contribution in [2.75, 3.05) is 13.2 Å². The molecule has 4 aromatic rings. The van der Waals surface area contributed by atoms with Gasteiger partial charge in [0.1, 0.15) is 12.6 Å². The largest absolute Gasteiger partial charge is 0.490 e. The molecule has 0 bridgehead atoms. The van der Waals surface area contributed by atoms with Crippen molar-refractivity contribution in [2.24, 2.45) is 4.99 Å². The molecule has 0 N–H and O–H groups in total. The van der Waals surface area contributed by atoms with Crippen LogP contribution in [-0.2, 0) is 16.1 Å². The van der Waals surface area contributed by atoms with Crippen molar-refractivity contribution >= 4 is 58.0 Å². The number of ether oxygens (including phenoxy) is 3. The molecule has 0 unspecified atom stereocenters. The van der Waals surface area contributed by atoms with Gasteiger partial charge < -0.3 is 14.2 Å². The van der Waals surface area contributed by atoms with Gasteiger partial charge in [-0.25, -0.2) is 9.79 Å². The molecule has 10 nitrogen and oxygen atoms in total. The van der Waals surface area contributed by atoms with Crippen LogP contribution in [0.2, 0.25) is 10.0 Å². The van der Waals surface area contributed by atoms with Crippen LogP contribution in [0, 0.1) is 10.1 Å². The van der Waals surface area contributed by atoms with Crippen molar-refractivity contribution in [3.63, 3.8) is 0 Å². The van der Waals surface area contributed by atoms with E-state index in [0.717, 1.165) is 16.9 Å². The first-order valence-electron chi connectivity index (χ1n) is 13.9. The molecule has 0 saturated carbocycles. The molecule has 232 valence electrons. The lowest BCUT2D eigenvalue weighted by Gasteiger charge is -2.23. The number of carbonyl (C=O) groups is 1. The van der Waals surface area contributed by atoms with Crippen LogP contribution >= 0.6 is 34.5 Å². The number of rotatable bonds is 10. The number of nitro groups is 1. The molecule has 5 rings (SSSR count). The van der Waals surface area contributed by atoms with E-state index in [9.17, 15) is 19.7 Å². The summed E-state index contributed by atoms with van der Waals surface area (Å²) < 4.78 is 18.7. The van der Waals surface area contributed by atoms with Crippen molar-refractivity contribution < 1.29 is 23.9 Å². The van der Waals surface area contributed by atoms with Crippen LogP contribution < -0.4 is 24.4 Å². The number of nitrogens with zero attached hydrogens (tertiary/aromatic N) is 3. The third kappa shape index (κ3) is 6.65. The van der Waals surface area contributed by atoms with Crippen LogP contribution in [0.4, 0.5) is 5.69 Å². The van der Waals surface area contributed by atoms with Gasteiger partial charge in [-0.15, -0.1) is 0 Å². The third-order valence-electron chi connectivity index (χ3n) is 6.91. The van der Waals surface area contributed by atoms with E-state index in [1.807, 2.05) is 30.3 Å². The summed E-state index contributed by atoms with van der Waals surface area (Å²) in [4.78, 5) is 43.9. The Morgan fingerprint density at radius 1 is 1.07 bits per heavy atom. The van der Waals surface area contributed by atoms with E-state index >= 15 is 0 Å². The summed E-state index contributed by atoms with van der Waals surface area (Å²) in [7, 11) is 0. The Bertz CT molecular complexity index is 2010. The topological polar surface area (TPSA) is 122 Å². The number of hydrogen-bond acceptors (Lipinski definition) is 9. The summed E-state index contributed by atoms with van der Waals surface area (Å²) in [6.07, 6.45) is 1.60. The summed E-state index contributed by atoms with van der Waals surface area (Å²) in [6.45, 7) is 5.43. The lowest BCUT2D eigenvalue weighted by atomic mass is 9.94. The van der Waals surface area contributed by atoms with Gasteiger partial charge in [0.15, 0.2) is 16.3 Å². The lowest BCUT2D eigenvalue weighted by Crippen LogP contribution is -2.35. The van der Waals surface area contributed by atoms with Crippen LogP contribution in [-0.4, -0.2) is 28.7 Å². The molecule has 1 aromatic heterocycles. The van der Waals surface area contributed by atoms with Gasteiger partial charge in [0, 0.05) is 15.7 Å². The molecule has 1 aliphatic heterocycles. The Kier molecular flexibility index (Phi) is 9.71. The molecule has 1 atom stereocenters. The van der Waals surface area contributed by atoms with E-state index in [1.54, 1.807) is 45.0 Å². The normalized spacial score (nSPS) is 14.5. The summed E-state index contributed by atoms with van der Waals surface area (Å²) in [5.74, 6) is -0.351. The van der Waals surface area contributed by atoms with Crippen molar-refractivity contribution in [3.8, 4) is 11.5 Å². The van der Waals surface area contributed by atoms with Crippen LogP contribution in [0.5, 0.6) is 11.5 Å². The standard InChI is InChI=1S/C32H27Cl2N3O7S/c1-4-42-25-15-22(24(37(40)41)16-26(25)44-17-19-9-7-6-8-10-19)29-28(31(39)43-5-2)18(3)36-30(38)27(45-32(36)35-29)13-20-11-12-21(33)14-23(20)34/h6-16,29H,4-5,17H2,1-3H3/b27-13-/t29-/m0/s1. The van der Waals surface area contributed by atoms with Gasteiger partial charge in [0.05, 0.1) is 39.9 Å². The monoisotopic (exact) mass is 667 g/mol. The fourth-order valence-electron chi connectivity index (χ4n) is 4.86. The zero-order valence-electron chi connectivity index (χ0n) is 24.4. The molecule has 0 fully saturated rings. The highest BCUT2D eigenvalue weighted by Gasteiger charge is 2.36. The maximum Gasteiger partial charge on any atom is 0.338 e. The Morgan fingerprint density at radius 3 is 2.47 bits per heavy atom. The second-order valence-electron chi connectivity index (χ2n) is 9.77. The molecule has 0 amide bonds. The summed E-state index contributed by atoms with van der Waals surface area (Å²) in [6, 6.07) is 15.8. The number of halogens is 2. The molecule has 45 heavy (non-hydrogen) atoms. The van der Waals surface area contributed by atoms with Crippen molar-refractivity contribution in [3.05, 3.63) is 123 Å². The van der Waals surface area contributed by atoms with Crippen molar-refractivity contribution in [1.82, 2.24) is 4.57 Å². The predicted molar refractivity (Wildman–Crippen MR) is 173 cm³/mol. The molecular formula is C32H27Cl2N3O7S. The first kappa shape index (κ1) is 32.0. The van der Waals surface area contributed by atoms with Crippen LogP contribution in [0.1, 0.15) is 43.5 Å². The van der Waals surface area contributed by atoms with Gasteiger partial charge >= 0.3 is 5.97 Å². The average molecular weight is 669 g/mol. The highest BCUT2D eigenvalue weighted by Crippen LogP contribution is 2.43. The van der Waals surface area contributed by atoms with Gasteiger partial charge in [0.25, 0.3) is 11.2 Å². The number of carbonyl (C=O) groups excluding carboxylic acids is 1. The van der Waals surface area contributed by atoms with Crippen LogP contribution in [0.15, 0.2) is 76.0 Å². The first-order chi connectivity index (χ1) is 21.6. The first-order valence-corrected chi connectivity index (χ1v) is 15.5. The lowest BCUT2D eigenvalue weighted by molar-refractivity contribution is -0.385. The van der Waals surface area contributed by atoms with E-state index in [2.05, 4.69) is 0 Å². The molecule has 0 radical (unpaired) electrons. The molecule has 1 aliphatic rings. The van der Waals surface area contributed by atoms with Crippen molar-refractivity contribution in [2.45, 2.75) is 33.4 Å². The smallest absolute Gasteiger partial charge is 0.338 e. The van der Waals surface area contributed by atoms with Gasteiger partial charge in [-0.2, -0.15) is 0 Å². The van der Waals surface area contributed by atoms with Crippen molar-refractivity contribution in [1.29, 1.82) is 0 Å². The van der Waals surface area contributed by atoms with Gasteiger partial charge in [0.2, 0.25) is 0 Å². The van der Waals surface area contributed by atoms with Gasteiger partial charge in [-0.05, 0) is 56.2 Å². The van der Waals surface area contributed by atoms with Crippen LogP contribution in [0.3, 0.4) is 0 Å². The molecule has 0 saturated heterocycles. The number of hydrogen-bond donors (Lipinski definition) is 0. The average Bonchev–Trinajstić information content (AvgIpc) is 3.32. The Morgan fingerprint density at radius 2 is 1.80 bits per heavy atom. The second-order valence-corrected chi connectivity index (χ2v) is 11.6.